The molecule has 1 rings (SSSR count). The summed E-state index contributed by atoms with van der Waals surface area (Å²) in [7, 11) is 1.71. The van der Waals surface area contributed by atoms with E-state index in [4.69, 9.17) is 4.74 Å². The van der Waals surface area contributed by atoms with Crippen LogP contribution in [0.15, 0.2) is 6.20 Å². The van der Waals surface area contributed by atoms with Crippen LogP contribution in [0.3, 0.4) is 0 Å². The van der Waals surface area contributed by atoms with Crippen LogP contribution in [0.5, 0.6) is 5.75 Å². The molecule has 0 aliphatic heterocycles. The number of aromatic nitrogens is 2. The highest BCUT2D eigenvalue weighted by molar-refractivity contribution is 5.31. The van der Waals surface area contributed by atoms with Crippen molar-refractivity contribution in [2.45, 2.75) is 65.5 Å². The summed E-state index contributed by atoms with van der Waals surface area (Å²) in [5, 5.41) is 7.94. The standard InChI is InChI=1S/C15H29N3O/c1-8-18-13(12(19-7)11-17-18)15(5,6)9-10-16-14(2,3)4/h11,16H,8-10H2,1-7H3. The van der Waals surface area contributed by atoms with Crippen LogP contribution >= 0.6 is 0 Å². The summed E-state index contributed by atoms with van der Waals surface area (Å²) in [5.74, 6) is 0.891. The van der Waals surface area contributed by atoms with Crippen molar-refractivity contribution in [3.8, 4) is 5.75 Å². The van der Waals surface area contributed by atoms with E-state index in [2.05, 4.69) is 52.0 Å². The minimum atomic E-state index is 0.0378. The second kappa shape index (κ2) is 5.95. The van der Waals surface area contributed by atoms with Crippen molar-refractivity contribution in [3.63, 3.8) is 0 Å². The highest BCUT2D eigenvalue weighted by Gasteiger charge is 2.29. The predicted octanol–water partition coefficient (Wildman–Crippen LogP) is 2.97. The molecule has 0 spiro atoms. The zero-order chi connectivity index (χ0) is 14.7. The zero-order valence-electron chi connectivity index (χ0n) is 13.5. The van der Waals surface area contributed by atoms with Crippen molar-refractivity contribution in [1.29, 1.82) is 0 Å². The molecular formula is C15H29N3O. The van der Waals surface area contributed by atoms with Gasteiger partial charge in [0.25, 0.3) is 0 Å². The third kappa shape index (κ3) is 4.23. The van der Waals surface area contributed by atoms with E-state index in [1.54, 1.807) is 7.11 Å². The van der Waals surface area contributed by atoms with Gasteiger partial charge in [0.2, 0.25) is 0 Å². The maximum atomic E-state index is 5.46. The molecule has 0 unspecified atom stereocenters. The van der Waals surface area contributed by atoms with E-state index in [0.29, 0.717) is 0 Å². The van der Waals surface area contributed by atoms with E-state index >= 15 is 0 Å². The molecule has 1 N–H and O–H groups in total. The van der Waals surface area contributed by atoms with E-state index in [0.717, 1.165) is 25.3 Å². The van der Waals surface area contributed by atoms with Crippen LogP contribution in [0.2, 0.25) is 0 Å². The largest absolute Gasteiger partial charge is 0.493 e. The number of hydrogen-bond donors (Lipinski definition) is 1. The van der Waals surface area contributed by atoms with Crippen molar-refractivity contribution in [1.82, 2.24) is 15.1 Å². The molecule has 0 radical (unpaired) electrons. The third-order valence-electron chi connectivity index (χ3n) is 3.37. The molecule has 0 saturated carbocycles. The number of nitrogens with one attached hydrogen (secondary N) is 1. The van der Waals surface area contributed by atoms with Crippen LogP contribution in [0.4, 0.5) is 0 Å². The summed E-state index contributed by atoms with van der Waals surface area (Å²) in [4.78, 5) is 0. The highest BCUT2D eigenvalue weighted by Crippen LogP contribution is 2.34. The van der Waals surface area contributed by atoms with Crippen molar-refractivity contribution in [2.24, 2.45) is 0 Å². The summed E-state index contributed by atoms with van der Waals surface area (Å²) in [6, 6.07) is 0. The van der Waals surface area contributed by atoms with Gasteiger partial charge in [0.1, 0.15) is 0 Å². The van der Waals surface area contributed by atoms with E-state index in [-0.39, 0.29) is 11.0 Å². The van der Waals surface area contributed by atoms with Gasteiger partial charge in [0, 0.05) is 17.5 Å². The smallest absolute Gasteiger partial charge is 0.160 e. The number of hydrogen-bond acceptors (Lipinski definition) is 3. The van der Waals surface area contributed by atoms with Gasteiger partial charge in [0.05, 0.1) is 19.0 Å². The van der Waals surface area contributed by atoms with Gasteiger partial charge in [-0.1, -0.05) is 13.8 Å². The Morgan fingerprint density at radius 1 is 1.26 bits per heavy atom. The fraction of sp³-hybridized carbons (Fsp3) is 0.800. The van der Waals surface area contributed by atoms with Crippen molar-refractivity contribution < 1.29 is 4.74 Å². The lowest BCUT2D eigenvalue weighted by Crippen LogP contribution is -2.39. The molecule has 4 nitrogen and oxygen atoms in total. The monoisotopic (exact) mass is 267 g/mol. The molecule has 110 valence electrons. The average Bonchev–Trinajstić information content (AvgIpc) is 2.70. The molecule has 1 aromatic heterocycles. The predicted molar refractivity (Wildman–Crippen MR) is 79.9 cm³/mol. The molecular weight excluding hydrogens is 238 g/mol. The van der Waals surface area contributed by atoms with Gasteiger partial charge in [0.15, 0.2) is 5.75 Å². The van der Waals surface area contributed by atoms with E-state index in [1.807, 2.05) is 10.9 Å². The Labute approximate surface area is 117 Å². The molecule has 1 aromatic rings. The first-order valence-electron chi connectivity index (χ1n) is 7.06. The molecule has 0 aliphatic rings. The first-order valence-corrected chi connectivity index (χ1v) is 7.06. The SMILES string of the molecule is CCn1ncc(OC)c1C(C)(C)CCNC(C)(C)C. The molecule has 0 aliphatic carbocycles. The molecule has 0 fully saturated rings. The number of rotatable bonds is 6. The first-order chi connectivity index (χ1) is 8.71. The molecule has 0 bridgehead atoms. The van der Waals surface area contributed by atoms with Gasteiger partial charge in [-0.05, 0) is 40.7 Å². The summed E-state index contributed by atoms with van der Waals surface area (Å²) in [6.45, 7) is 15.0. The summed E-state index contributed by atoms with van der Waals surface area (Å²) >= 11 is 0. The Morgan fingerprint density at radius 3 is 2.37 bits per heavy atom. The first kappa shape index (κ1) is 16.0. The van der Waals surface area contributed by atoms with Gasteiger partial charge < -0.3 is 10.1 Å². The van der Waals surface area contributed by atoms with Gasteiger partial charge >= 0.3 is 0 Å². The third-order valence-corrected chi connectivity index (χ3v) is 3.37. The Balaban J connectivity index is 2.84. The number of methoxy groups -OCH3 is 1. The lowest BCUT2D eigenvalue weighted by atomic mass is 9.84. The number of nitrogens with zero attached hydrogens (tertiary/aromatic N) is 2. The minimum absolute atomic E-state index is 0.0378. The lowest BCUT2D eigenvalue weighted by molar-refractivity contribution is 0.345. The maximum Gasteiger partial charge on any atom is 0.160 e. The van der Waals surface area contributed by atoms with Crippen LogP contribution < -0.4 is 10.1 Å². The fourth-order valence-electron chi connectivity index (χ4n) is 2.31. The number of aryl methyl sites for hydroxylation is 1. The molecule has 0 atom stereocenters. The van der Waals surface area contributed by atoms with Crippen molar-refractivity contribution >= 4 is 0 Å². The van der Waals surface area contributed by atoms with Crippen LogP contribution in [0.25, 0.3) is 0 Å². The quantitative estimate of drug-likeness (QED) is 0.861. The second-order valence-electron chi connectivity index (χ2n) is 6.69. The van der Waals surface area contributed by atoms with Crippen molar-refractivity contribution in [3.05, 3.63) is 11.9 Å². The molecule has 4 heteroatoms. The van der Waals surface area contributed by atoms with Crippen LogP contribution in [0, 0.1) is 0 Å². The van der Waals surface area contributed by atoms with E-state index in [1.165, 1.54) is 5.69 Å². The summed E-state index contributed by atoms with van der Waals surface area (Å²) in [6.07, 6.45) is 2.87. The molecule has 1 heterocycles. The normalized spacial score (nSPS) is 12.8. The van der Waals surface area contributed by atoms with Crippen LogP contribution in [-0.4, -0.2) is 29.0 Å². The topological polar surface area (TPSA) is 39.1 Å². The van der Waals surface area contributed by atoms with E-state index in [9.17, 15) is 0 Å². The Kier molecular flexibility index (Phi) is 5.02. The van der Waals surface area contributed by atoms with Crippen LogP contribution in [-0.2, 0) is 12.0 Å². The van der Waals surface area contributed by atoms with Gasteiger partial charge in [-0.2, -0.15) is 5.10 Å². The fourth-order valence-corrected chi connectivity index (χ4v) is 2.31. The van der Waals surface area contributed by atoms with Gasteiger partial charge in [-0.3, -0.25) is 4.68 Å². The average molecular weight is 267 g/mol. The molecule has 0 amide bonds. The maximum absolute atomic E-state index is 5.46. The Morgan fingerprint density at radius 2 is 1.89 bits per heavy atom. The minimum Gasteiger partial charge on any atom is -0.493 e. The summed E-state index contributed by atoms with van der Waals surface area (Å²) < 4.78 is 7.50. The zero-order valence-corrected chi connectivity index (χ0v) is 13.5. The van der Waals surface area contributed by atoms with Crippen LogP contribution in [0.1, 0.15) is 53.7 Å². The number of ether oxygens (including phenoxy) is 1. The Bertz CT molecular complexity index is 381. The van der Waals surface area contributed by atoms with E-state index < -0.39 is 0 Å². The molecule has 0 aromatic carbocycles. The molecule has 19 heavy (non-hydrogen) atoms. The van der Waals surface area contributed by atoms with Gasteiger partial charge in [-0.25, -0.2) is 0 Å². The summed E-state index contributed by atoms with van der Waals surface area (Å²) in [5.41, 5.74) is 1.38. The van der Waals surface area contributed by atoms with Crippen molar-refractivity contribution in [2.75, 3.05) is 13.7 Å². The van der Waals surface area contributed by atoms with Gasteiger partial charge in [-0.15, -0.1) is 0 Å². The second-order valence-corrected chi connectivity index (χ2v) is 6.69. The lowest BCUT2D eigenvalue weighted by Gasteiger charge is -2.29. The highest BCUT2D eigenvalue weighted by atomic mass is 16.5. The Hall–Kier alpha value is -1.03. The molecule has 0 saturated heterocycles.